The Morgan fingerprint density at radius 3 is 2.40 bits per heavy atom. The Bertz CT molecular complexity index is 526. The molecule has 0 aliphatic carbocycles. The lowest BCUT2D eigenvalue weighted by Crippen LogP contribution is -2.48. The third-order valence-electron chi connectivity index (χ3n) is 5.55. The maximum Gasteiger partial charge on any atom is 0.0678 e. The Morgan fingerprint density at radius 2 is 1.80 bits per heavy atom. The van der Waals surface area contributed by atoms with Crippen LogP contribution in [0.1, 0.15) is 32.0 Å². The van der Waals surface area contributed by atoms with E-state index in [1.54, 1.807) is 0 Å². The zero-order valence-corrected chi connectivity index (χ0v) is 15.9. The van der Waals surface area contributed by atoms with E-state index in [2.05, 4.69) is 47.7 Å². The average Bonchev–Trinajstić information content (AvgIpc) is 2.96. The smallest absolute Gasteiger partial charge is 0.0678 e. The third kappa shape index (κ3) is 5.00. The van der Waals surface area contributed by atoms with Crippen LogP contribution in [0.15, 0.2) is 18.3 Å². The average molecular weight is 348 g/mol. The molecule has 0 unspecified atom stereocenters. The van der Waals surface area contributed by atoms with Crippen LogP contribution in [0.3, 0.4) is 0 Å². The van der Waals surface area contributed by atoms with Crippen LogP contribution >= 0.6 is 0 Å². The van der Waals surface area contributed by atoms with Gasteiger partial charge >= 0.3 is 0 Å². The zero-order chi connectivity index (χ0) is 17.8. The van der Waals surface area contributed by atoms with Crippen molar-refractivity contribution in [2.24, 2.45) is 11.8 Å². The molecule has 2 aliphatic rings. The number of nitrogens with zero attached hydrogens (tertiary/aromatic N) is 3. The molecule has 5 nitrogen and oxygen atoms in total. The van der Waals surface area contributed by atoms with E-state index in [4.69, 9.17) is 4.74 Å². The Morgan fingerprint density at radius 1 is 1.08 bits per heavy atom. The highest BCUT2D eigenvalue weighted by Gasteiger charge is 2.35. The van der Waals surface area contributed by atoms with Crippen LogP contribution in [0.2, 0.25) is 0 Å². The summed E-state index contributed by atoms with van der Waals surface area (Å²) in [5.41, 5.74) is 2.41. The molecule has 4 atom stereocenters. The third-order valence-corrected chi connectivity index (χ3v) is 5.55. The first-order valence-corrected chi connectivity index (χ1v) is 9.72. The summed E-state index contributed by atoms with van der Waals surface area (Å²) in [5, 5.41) is 9.84. The molecule has 0 aromatic carbocycles. The van der Waals surface area contributed by atoms with E-state index in [9.17, 15) is 5.11 Å². The van der Waals surface area contributed by atoms with Crippen molar-refractivity contribution in [3.8, 4) is 0 Å². The molecule has 2 fully saturated rings. The lowest BCUT2D eigenvalue weighted by Gasteiger charge is -2.37. The molecule has 2 aliphatic heterocycles. The van der Waals surface area contributed by atoms with E-state index < -0.39 is 0 Å². The van der Waals surface area contributed by atoms with Gasteiger partial charge in [0.05, 0.1) is 17.9 Å². The lowest BCUT2D eigenvalue weighted by molar-refractivity contribution is -0.0727. The van der Waals surface area contributed by atoms with Gasteiger partial charge in [-0.25, -0.2) is 0 Å². The van der Waals surface area contributed by atoms with Crippen molar-refractivity contribution in [1.82, 2.24) is 14.8 Å². The van der Waals surface area contributed by atoms with Gasteiger partial charge < -0.3 is 9.84 Å². The van der Waals surface area contributed by atoms with E-state index >= 15 is 0 Å². The monoisotopic (exact) mass is 347 g/mol. The maximum atomic E-state index is 9.84. The number of aryl methyl sites for hydroxylation is 1. The standard InChI is InChI=1S/C20H33N3O2/c1-4-17-5-6-20(21-7-17)13-23-11-18(19(12-23)14-24)10-22-8-15(2)25-16(3)9-22/h5-7,15-16,18-19,24H,4,8-14H2,1-3H3/t15-,16+,18-,19-/m1/s1. The van der Waals surface area contributed by atoms with Crippen molar-refractivity contribution in [3.05, 3.63) is 29.6 Å². The maximum absolute atomic E-state index is 9.84. The van der Waals surface area contributed by atoms with Gasteiger partial charge in [0.15, 0.2) is 0 Å². The molecular formula is C20H33N3O2. The van der Waals surface area contributed by atoms with Crippen LogP contribution in [0.25, 0.3) is 0 Å². The summed E-state index contributed by atoms with van der Waals surface area (Å²) in [4.78, 5) is 9.56. The summed E-state index contributed by atoms with van der Waals surface area (Å²) in [6, 6.07) is 4.32. The first kappa shape index (κ1) is 18.8. The van der Waals surface area contributed by atoms with Crippen molar-refractivity contribution < 1.29 is 9.84 Å². The van der Waals surface area contributed by atoms with Gasteiger partial charge in [-0.3, -0.25) is 14.8 Å². The number of hydrogen-bond donors (Lipinski definition) is 1. The number of hydrogen-bond acceptors (Lipinski definition) is 5. The number of morpholine rings is 1. The summed E-state index contributed by atoms with van der Waals surface area (Å²) in [6.45, 7) is 12.7. The summed E-state index contributed by atoms with van der Waals surface area (Å²) in [5.74, 6) is 0.890. The van der Waals surface area contributed by atoms with Gasteiger partial charge in [-0.05, 0) is 43.7 Å². The molecule has 5 heteroatoms. The molecule has 1 aromatic rings. The van der Waals surface area contributed by atoms with Crippen molar-refractivity contribution in [1.29, 1.82) is 0 Å². The molecule has 2 saturated heterocycles. The van der Waals surface area contributed by atoms with Crippen LogP contribution in [-0.4, -0.2) is 71.4 Å². The van der Waals surface area contributed by atoms with E-state index in [1.165, 1.54) is 5.56 Å². The molecule has 0 saturated carbocycles. The van der Waals surface area contributed by atoms with Gasteiger partial charge in [0.2, 0.25) is 0 Å². The fourth-order valence-electron chi connectivity index (χ4n) is 4.33. The summed E-state index contributed by atoms with van der Waals surface area (Å²) >= 11 is 0. The number of ether oxygens (including phenoxy) is 1. The minimum Gasteiger partial charge on any atom is -0.396 e. The number of rotatable bonds is 6. The van der Waals surface area contributed by atoms with Crippen LogP contribution in [0.4, 0.5) is 0 Å². The minimum absolute atomic E-state index is 0.277. The van der Waals surface area contributed by atoms with Crippen LogP contribution < -0.4 is 0 Å². The number of aromatic nitrogens is 1. The number of pyridine rings is 1. The molecule has 0 bridgehead atoms. The Kier molecular flexibility index (Phi) is 6.44. The van der Waals surface area contributed by atoms with Gasteiger partial charge in [0.25, 0.3) is 0 Å². The quantitative estimate of drug-likeness (QED) is 0.850. The van der Waals surface area contributed by atoms with Crippen molar-refractivity contribution >= 4 is 0 Å². The number of aliphatic hydroxyl groups excluding tert-OH is 1. The molecule has 3 rings (SSSR count). The van der Waals surface area contributed by atoms with Gasteiger partial charge in [0, 0.05) is 52.1 Å². The molecule has 3 heterocycles. The normalized spacial score (nSPS) is 31.5. The molecule has 0 radical (unpaired) electrons. The van der Waals surface area contributed by atoms with E-state index in [-0.39, 0.29) is 6.61 Å². The summed E-state index contributed by atoms with van der Waals surface area (Å²) in [7, 11) is 0. The molecule has 140 valence electrons. The molecular weight excluding hydrogens is 314 g/mol. The summed E-state index contributed by atoms with van der Waals surface area (Å²) in [6.07, 6.45) is 3.62. The van der Waals surface area contributed by atoms with E-state index in [0.29, 0.717) is 24.0 Å². The van der Waals surface area contributed by atoms with Crippen LogP contribution in [0.5, 0.6) is 0 Å². The molecule has 25 heavy (non-hydrogen) atoms. The van der Waals surface area contributed by atoms with Crippen molar-refractivity contribution in [2.75, 3.05) is 39.3 Å². The van der Waals surface area contributed by atoms with E-state index in [1.807, 2.05) is 6.20 Å². The second-order valence-corrected chi connectivity index (χ2v) is 7.88. The Hall–Kier alpha value is -1.01. The highest BCUT2D eigenvalue weighted by Crippen LogP contribution is 2.26. The fraction of sp³-hybridized carbons (Fsp3) is 0.750. The highest BCUT2D eigenvalue weighted by atomic mass is 16.5. The Labute approximate surface area is 152 Å². The number of likely N-dealkylation sites (tertiary alicyclic amines) is 1. The first-order chi connectivity index (χ1) is 12.1. The van der Waals surface area contributed by atoms with Crippen LogP contribution in [0, 0.1) is 11.8 Å². The zero-order valence-electron chi connectivity index (χ0n) is 15.9. The van der Waals surface area contributed by atoms with Gasteiger partial charge in [-0.15, -0.1) is 0 Å². The first-order valence-electron chi connectivity index (χ1n) is 9.72. The van der Waals surface area contributed by atoms with Gasteiger partial charge in [-0.2, -0.15) is 0 Å². The fourth-order valence-corrected chi connectivity index (χ4v) is 4.33. The summed E-state index contributed by atoms with van der Waals surface area (Å²) < 4.78 is 5.84. The van der Waals surface area contributed by atoms with Crippen molar-refractivity contribution in [2.45, 2.75) is 45.9 Å². The number of aliphatic hydroxyl groups is 1. The molecule has 0 spiro atoms. The van der Waals surface area contributed by atoms with E-state index in [0.717, 1.165) is 51.4 Å². The van der Waals surface area contributed by atoms with Gasteiger partial charge in [0.1, 0.15) is 0 Å². The van der Waals surface area contributed by atoms with Gasteiger partial charge in [-0.1, -0.05) is 13.0 Å². The van der Waals surface area contributed by atoms with Crippen molar-refractivity contribution in [3.63, 3.8) is 0 Å². The lowest BCUT2D eigenvalue weighted by atomic mass is 9.96. The molecule has 0 amide bonds. The SMILES string of the molecule is CCc1ccc(CN2C[C@H](CO)[C@H](CN3C[C@@H](C)O[C@@H](C)C3)C2)nc1. The second-order valence-electron chi connectivity index (χ2n) is 7.88. The largest absolute Gasteiger partial charge is 0.396 e. The molecule has 1 N–H and O–H groups in total. The highest BCUT2D eigenvalue weighted by molar-refractivity contribution is 5.14. The predicted octanol–water partition coefficient (Wildman–Crippen LogP) is 1.79. The minimum atomic E-state index is 0.277. The second kappa shape index (κ2) is 8.58. The topological polar surface area (TPSA) is 48.8 Å². The van der Waals surface area contributed by atoms with Crippen LogP contribution in [-0.2, 0) is 17.7 Å². The molecule has 1 aromatic heterocycles. The Balaban J connectivity index is 1.56. The predicted molar refractivity (Wildman–Crippen MR) is 99.4 cm³/mol.